The third-order valence-corrected chi connectivity index (χ3v) is 5.25. The molecule has 3 heteroatoms. The summed E-state index contributed by atoms with van der Waals surface area (Å²) in [4.78, 5) is 15.5. The maximum Gasteiger partial charge on any atom is 0.254 e. The van der Waals surface area contributed by atoms with Gasteiger partial charge in [-0.15, -0.1) is 0 Å². The van der Waals surface area contributed by atoms with Gasteiger partial charge in [-0.1, -0.05) is 60.7 Å². The van der Waals surface area contributed by atoms with Gasteiger partial charge in [-0.25, -0.2) is 0 Å². The Hall–Kier alpha value is -2.65. The number of piperidine rings is 1. The lowest BCUT2D eigenvalue weighted by Crippen LogP contribution is -2.36. The fraction of sp³-hybridized carbons (Fsp3) is 0.292. The van der Waals surface area contributed by atoms with Crippen molar-refractivity contribution >= 4 is 17.6 Å². The first-order chi connectivity index (χ1) is 13.3. The SMILES string of the molecule is O=C(/C(=C1/COC/C1=C\c1ccccc1)c1ccccc1)N1CCCCC1. The number of ether oxygens (including phenoxy) is 1. The molecule has 3 nitrogen and oxygen atoms in total. The Morgan fingerprint density at radius 2 is 1.52 bits per heavy atom. The van der Waals surface area contributed by atoms with Crippen LogP contribution in [0.15, 0.2) is 71.8 Å². The van der Waals surface area contributed by atoms with E-state index >= 15 is 0 Å². The quantitative estimate of drug-likeness (QED) is 0.752. The van der Waals surface area contributed by atoms with E-state index in [1.54, 1.807) is 0 Å². The Bertz CT molecular complexity index is 846. The number of likely N-dealkylation sites (tertiary alicyclic amines) is 1. The molecule has 2 aliphatic rings. The van der Waals surface area contributed by atoms with E-state index in [-0.39, 0.29) is 5.91 Å². The van der Waals surface area contributed by atoms with Crippen LogP contribution in [0.1, 0.15) is 30.4 Å². The number of benzene rings is 2. The van der Waals surface area contributed by atoms with Crippen molar-refractivity contribution in [3.8, 4) is 0 Å². The van der Waals surface area contributed by atoms with Crippen molar-refractivity contribution < 1.29 is 9.53 Å². The van der Waals surface area contributed by atoms with Crippen LogP contribution in [0.3, 0.4) is 0 Å². The van der Waals surface area contributed by atoms with E-state index in [2.05, 4.69) is 18.2 Å². The Morgan fingerprint density at radius 3 is 2.22 bits per heavy atom. The summed E-state index contributed by atoms with van der Waals surface area (Å²) in [5.74, 6) is 0.139. The van der Waals surface area contributed by atoms with E-state index in [4.69, 9.17) is 4.74 Å². The van der Waals surface area contributed by atoms with Gasteiger partial charge in [-0.3, -0.25) is 4.79 Å². The lowest BCUT2D eigenvalue weighted by atomic mass is 9.93. The summed E-state index contributed by atoms with van der Waals surface area (Å²) in [5.41, 5.74) is 5.05. The average Bonchev–Trinajstić information content (AvgIpc) is 3.18. The lowest BCUT2D eigenvalue weighted by molar-refractivity contribution is -0.125. The zero-order valence-corrected chi connectivity index (χ0v) is 15.6. The predicted molar refractivity (Wildman–Crippen MR) is 109 cm³/mol. The van der Waals surface area contributed by atoms with Crippen LogP contribution in [-0.2, 0) is 9.53 Å². The topological polar surface area (TPSA) is 29.5 Å². The van der Waals surface area contributed by atoms with E-state index in [1.807, 2.05) is 53.4 Å². The fourth-order valence-electron chi connectivity index (χ4n) is 3.84. The van der Waals surface area contributed by atoms with Crippen LogP contribution in [0.25, 0.3) is 11.6 Å². The van der Waals surface area contributed by atoms with Crippen LogP contribution >= 0.6 is 0 Å². The van der Waals surface area contributed by atoms with Crippen LogP contribution in [0, 0.1) is 0 Å². The second-order valence-corrected chi connectivity index (χ2v) is 7.15. The van der Waals surface area contributed by atoms with E-state index in [0.29, 0.717) is 13.2 Å². The number of rotatable bonds is 3. The molecule has 138 valence electrons. The minimum absolute atomic E-state index is 0.139. The van der Waals surface area contributed by atoms with Crippen LogP contribution in [0.4, 0.5) is 0 Å². The van der Waals surface area contributed by atoms with E-state index in [1.165, 1.54) is 6.42 Å². The van der Waals surface area contributed by atoms with Gasteiger partial charge in [0.1, 0.15) is 0 Å². The third-order valence-electron chi connectivity index (χ3n) is 5.25. The summed E-state index contributed by atoms with van der Waals surface area (Å²) in [5, 5.41) is 0. The van der Waals surface area contributed by atoms with Crippen molar-refractivity contribution in [1.29, 1.82) is 0 Å². The van der Waals surface area contributed by atoms with Gasteiger partial charge >= 0.3 is 0 Å². The Kier molecular flexibility index (Phi) is 5.50. The first-order valence-corrected chi connectivity index (χ1v) is 9.74. The van der Waals surface area contributed by atoms with Gasteiger partial charge < -0.3 is 9.64 Å². The molecule has 0 N–H and O–H groups in total. The Labute approximate surface area is 161 Å². The van der Waals surface area contributed by atoms with Crippen molar-refractivity contribution in [2.75, 3.05) is 26.3 Å². The highest BCUT2D eigenvalue weighted by atomic mass is 16.5. The highest BCUT2D eigenvalue weighted by Crippen LogP contribution is 2.32. The lowest BCUT2D eigenvalue weighted by Gasteiger charge is -2.28. The molecule has 0 unspecified atom stereocenters. The van der Waals surface area contributed by atoms with Crippen molar-refractivity contribution in [3.05, 3.63) is 82.9 Å². The number of carbonyl (C=O) groups excluding carboxylic acids is 1. The maximum absolute atomic E-state index is 13.5. The van der Waals surface area contributed by atoms with Gasteiger partial charge in [0.2, 0.25) is 0 Å². The van der Waals surface area contributed by atoms with Crippen LogP contribution in [-0.4, -0.2) is 37.1 Å². The third kappa shape index (κ3) is 4.04. The molecule has 2 saturated heterocycles. The monoisotopic (exact) mass is 359 g/mol. The van der Waals surface area contributed by atoms with Crippen molar-refractivity contribution in [1.82, 2.24) is 4.90 Å². The minimum Gasteiger partial charge on any atom is -0.372 e. The molecule has 27 heavy (non-hydrogen) atoms. The summed E-state index contributed by atoms with van der Waals surface area (Å²) in [6.07, 6.45) is 5.54. The minimum atomic E-state index is 0.139. The molecule has 2 aliphatic heterocycles. The van der Waals surface area contributed by atoms with Crippen LogP contribution in [0.5, 0.6) is 0 Å². The molecule has 1 amide bonds. The molecule has 0 radical (unpaired) electrons. The molecule has 0 aliphatic carbocycles. The van der Waals surface area contributed by atoms with Crippen molar-refractivity contribution in [2.24, 2.45) is 0 Å². The van der Waals surface area contributed by atoms with Crippen LogP contribution < -0.4 is 0 Å². The second kappa shape index (κ2) is 8.36. The number of hydrogen-bond acceptors (Lipinski definition) is 2. The highest BCUT2D eigenvalue weighted by Gasteiger charge is 2.28. The largest absolute Gasteiger partial charge is 0.372 e. The van der Waals surface area contributed by atoms with Crippen molar-refractivity contribution in [2.45, 2.75) is 19.3 Å². The molecule has 4 rings (SSSR count). The van der Waals surface area contributed by atoms with Crippen LogP contribution in [0.2, 0.25) is 0 Å². The summed E-state index contributed by atoms with van der Waals surface area (Å²) < 4.78 is 5.78. The van der Waals surface area contributed by atoms with Crippen molar-refractivity contribution in [3.63, 3.8) is 0 Å². The summed E-state index contributed by atoms with van der Waals surface area (Å²) in [6.45, 7) is 2.73. The molecule has 0 saturated carbocycles. The molecule has 0 aromatic heterocycles. The highest BCUT2D eigenvalue weighted by molar-refractivity contribution is 6.21. The molecule has 2 aromatic carbocycles. The second-order valence-electron chi connectivity index (χ2n) is 7.15. The van der Waals surface area contributed by atoms with Gasteiger partial charge in [-0.05, 0) is 47.6 Å². The Balaban J connectivity index is 1.78. The van der Waals surface area contributed by atoms with E-state index < -0.39 is 0 Å². The van der Waals surface area contributed by atoms with Gasteiger partial charge in [-0.2, -0.15) is 0 Å². The standard InChI is InChI=1S/C24H25NO2/c26-24(25-14-8-3-9-15-25)23(20-12-6-2-7-13-20)22-18-27-17-21(22)16-19-10-4-1-5-11-19/h1-2,4-7,10-13,16H,3,8-9,14-15,17-18H2/b21-16+,23-22-. The zero-order chi connectivity index (χ0) is 18.5. The van der Waals surface area contributed by atoms with Gasteiger partial charge in [0.25, 0.3) is 5.91 Å². The number of hydrogen-bond donors (Lipinski definition) is 0. The van der Waals surface area contributed by atoms with Gasteiger partial charge in [0.05, 0.1) is 18.8 Å². The zero-order valence-electron chi connectivity index (χ0n) is 15.6. The molecule has 0 spiro atoms. The predicted octanol–water partition coefficient (Wildman–Crippen LogP) is 4.57. The normalized spacial score (nSPS) is 20.7. The molecule has 0 atom stereocenters. The first-order valence-electron chi connectivity index (χ1n) is 9.74. The molecule has 2 aromatic rings. The van der Waals surface area contributed by atoms with Gasteiger partial charge in [0.15, 0.2) is 0 Å². The number of nitrogens with zero attached hydrogens (tertiary/aromatic N) is 1. The molecule has 2 heterocycles. The van der Waals surface area contributed by atoms with Gasteiger partial charge in [0, 0.05) is 13.1 Å². The first kappa shape index (κ1) is 17.7. The molecule has 2 fully saturated rings. The molecule has 0 bridgehead atoms. The maximum atomic E-state index is 13.5. The fourth-order valence-corrected chi connectivity index (χ4v) is 3.84. The molecular weight excluding hydrogens is 334 g/mol. The number of carbonyl (C=O) groups is 1. The smallest absolute Gasteiger partial charge is 0.254 e. The average molecular weight is 359 g/mol. The number of amides is 1. The van der Waals surface area contributed by atoms with E-state index in [9.17, 15) is 4.79 Å². The van der Waals surface area contributed by atoms with E-state index in [0.717, 1.165) is 53.8 Å². The summed E-state index contributed by atoms with van der Waals surface area (Å²) >= 11 is 0. The summed E-state index contributed by atoms with van der Waals surface area (Å²) in [6, 6.07) is 20.3. The molecular formula is C24H25NO2. The summed E-state index contributed by atoms with van der Waals surface area (Å²) in [7, 11) is 0. The Morgan fingerprint density at radius 1 is 0.852 bits per heavy atom.